The number of rotatable bonds is 8. The van der Waals surface area contributed by atoms with Crippen LogP contribution in [0.1, 0.15) is 53.4 Å². The van der Waals surface area contributed by atoms with Gasteiger partial charge in [0.1, 0.15) is 0 Å². The van der Waals surface area contributed by atoms with E-state index in [-0.39, 0.29) is 9.99 Å². The molecule has 0 aliphatic rings. The highest BCUT2D eigenvalue weighted by atomic mass is 32.2. The molecule has 0 aromatic carbocycles. The molecular weight excluding hydrogens is 278 g/mol. The fraction of sp³-hybridized carbons (Fsp3) is 0.611. The Morgan fingerprint density at radius 2 is 1.81 bits per heavy atom. The number of hydrogen-bond donors (Lipinski definition) is 0. The van der Waals surface area contributed by atoms with Crippen LogP contribution in [-0.4, -0.2) is 29.0 Å². The van der Waals surface area contributed by atoms with E-state index >= 15 is 0 Å². The molecule has 0 bridgehead atoms. The van der Waals surface area contributed by atoms with E-state index in [9.17, 15) is 4.79 Å². The highest BCUT2D eigenvalue weighted by Crippen LogP contribution is 2.33. The molecule has 0 rings (SSSR count). The Labute approximate surface area is 135 Å². The molecule has 21 heavy (non-hydrogen) atoms. The number of carbonyl (C=O) groups excluding carboxylic acids is 1. The molecule has 0 saturated carbocycles. The smallest absolute Gasteiger partial charge is 0.281 e. The van der Waals surface area contributed by atoms with Crippen LogP contribution in [-0.2, 0) is 0 Å². The highest BCUT2D eigenvalue weighted by molar-refractivity contribution is 8.14. The summed E-state index contributed by atoms with van der Waals surface area (Å²) < 4.78 is -0.196. The van der Waals surface area contributed by atoms with Crippen molar-refractivity contribution < 1.29 is 4.79 Å². The van der Waals surface area contributed by atoms with Gasteiger partial charge in [0.2, 0.25) is 0 Å². The van der Waals surface area contributed by atoms with Gasteiger partial charge in [-0.25, -0.2) is 0 Å². The van der Waals surface area contributed by atoms with Gasteiger partial charge in [-0.15, -0.1) is 6.58 Å². The minimum atomic E-state index is -0.196. The molecule has 1 unspecified atom stereocenters. The van der Waals surface area contributed by atoms with Crippen LogP contribution in [0.3, 0.4) is 0 Å². The summed E-state index contributed by atoms with van der Waals surface area (Å²) in [4.78, 5) is 13.5. The summed E-state index contributed by atoms with van der Waals surface area (Å²) in [6.45, 7) is 12.4. The van der Waals surface area contributed by atoms with Gasteiger partial charge in [-0.05, 0) is 53.4 Å². The minimum Gasteiger partial charge on any atom is -0.340 e. The van der Waals surface area contributed by atoms with Crippen LogP contribution >= 0.6 is 11.8 Å². The normalized spacial score (nSPS) is 14.3. The molecule has 0 aromatic rings. The molecule has 0 aliphatic heterocycles. The first kappa shape index (κ1) is 20.0. The van der Waals surface area contributed by atoms with Crippen molar-refractivity contribution in [2.24, 2.45) is 0 Å². The summed E-state index contributed by atoms with van der Waals surface area (Å²) in [5.74, 6) is 0. The van der Waals surface area contributed by atoms with Crippen LogP contribution < -0.4 is 0 Å². The average Bonchev–Trinajstić information content (AvgIpc) is 2.38. The van der Waals surface area contributed by atoms with Crippen LogP contribution in [0.25, 0.3) is 0 Å². The lowest BCUT2D eigenvalue weighted by Gasteiger charge is -2.25. The Morgan fingerprint density at radius 1 is 1.19 bits per heavy atom. The highest BCUT2D eigenvalue weighted by Gasteiger charge is 2.25. The van der Waals surface area contributed by atoms with Crippen LogP contribution in [0.15, 0.2) is 36.0 Å². The number of nitrogens with zero attached hydrogens (tertiary/aromatic N) is 1. The number of amides is 1. The van der Waals surface area contributed by atoms with Crippen LogP contribution in [0.2, 0.25) is 0 Å². The predicted octanol–water partition coefficient (Wildman–Crippen LogP) is 5.82. The molecule has 1 amide bonds. The van der Waals surface area contributed by atoms with Crippen molar-refractivity contribution in [2.75, 3.05) is 14.1 Å². The van der Waals surface area contributed by atoms with Gasteiger partial charge < -0.3 is 4.90 Å². The molecule has 0 radical (unpaired) electrons. The lowest BCUT2D eigenvalue weighted by molar-refractivity contribution is 0.241. The lowest BCUT2D eigenvalue weighted by atomic mass is 10.0. The summed E-state index contributed by atoms with van der Waals surface area (Å²) in [6.07, 6.45) is 10.6. The fourth-order valence-electron chi connectivity index (χ4n) is 1.78. The third-order valence-corrected chi connectivity index (χ3v) is 4.72. The van der Waals surface area contributed by atoms with Gasteiger partial charge in [0.15, 0.2) is 0 Å². The van der Waals surface area contributed by atoms with E-state index in [0.29, 0.717) is 0 Å². The second-order valence-electron chi connectivity index (χ2n) is 6.19. The average molecular weight is 310 g/mol. The van der Waals surface area contributed by atoms with Crippen LogP contribution in [0, 0.1) is 0 Å². The van der Waals surface area contributed by atoms with Gasteiger partial charge in [0, 0.05) is 18.8 Å². The van der Waals surface area contributed by atoms with Crippen molar-refractivity contribution in [3.63, 3.8) is 0 Å². The third kappa shape index (κ3) is 9.57. The van der Waals surface area contributed by atoms with E-state index in [2.05, 4.69) is 46.4 Å². The molecule has 120 valence electrons. The number of thioether (sulfide) groups is 1. The molecule has 0 N–H and O–H groups in total. The van der Waals surface area contributed by atoms with Gasteiger partial charge in [0.05, 0.1) is 0 Å². The number of carbonyl (C=O) groups is 1. The van der Waals surface area contributed by atoms with Crippen molar-refractivity contribution in [3.8, 4) is 0 Å². The van der Waals surface area contributed by atoms with Crippen molar-refractivity contribution in [1.29, 1.82) is 0 Å². The van der Waals surface area contributed by atoms with E-state index in [1.165, 1.54) is 22.9 Å². The largest absolute Gasteiger partial charge is 0.340 e. The van der Waals surface area contributed by atoms with E-state index in [0.717, 1.165) is 25.7 Å². The van der Waals surface area contributed by atoms with Crippen molar-refractivity contribution in [2.45, 2.75) is 58.1 Å². The molecule has 0 heterocycles. The predicted molar refractivity (Wildman–Crippen MR) is 96.9 cm³/mol. The van der Waals surface area contributed by atoms with E-state index in [1.54, 1.807) is 19.0 Å². The SMILES string of the molecule is C=CC(C)(CCC=C(C)CCC=C(C)C)SC(=O)N(C)C. The Bertz CT molecular complexity index is 405. The minimum absolute atomic E-state index is 0.0849. The van der Waals surface area contributed by atoms with Crippen LogP contribution in [0.4, 0.5) is 4.79 Å². The molecule has 0 fully saturated rings. The molecule has 0 saturated heterocycles. The van der Waals surface area contributed by atoms with Gasteiger partial charge in [-0.3, -0.25) is 4.79 Å². The molecule has 0 aromatic heterocycles. The Kier molecular flexibility index (Phi) is 9.43. The molecule has 2 nitrogen and oxygen atoms in total. The fourth-order valence-corrected chi connectivity index (χ4v) is 2.67. The standard InChI is InChI=1S/C18H31NOS/c1-8-18(5,21-17(20)19(6)7)14-10-13-16(4)12-9-11-15(2)3/h8,11,13H,1,9-10,12,14H2,2-7H3. The van der Waals surface area contributed by atoms with Gasteiger partial charge in [-0.2, -0.15) is 0 Å². The van der Waals surface area contributed by atoms with E-state index in [4.69, 9.17) is 0 Å². The number of allylic oxidation sites excluding steroid dienone is 4. The molecule has 0 spiro atoms. The molecule has 0 aliphatic carbocycles. The summed E-state index contributed by atoms with van der Waals surface area (Å²) in [7, 11) is 3.57. The first-order valence-electron chi connectivity index (χ1n) is 7.53. The quantitative estimate of drug-likeness (QED) is 0.527. The van der Waals surface area contributed by atoms with Gasteiger partial charge >= 0.3 is 0 Å². The number of hydrogen-bond acceptors (Lipinski definition) is 2. The zero-order valence-electron chi connectivity index (χ0n) is 14.5. The zero-order chi connectivity index (χ0) is 16.5. The first-order valence-corrected chi connectivity index (χ1v) is 8.34. The molecular formula is C18H31NOS. The van der Waals surface area contributed by atoms with Crippen molar-refractivity contribution in [1.82, 2.24) is 4.90 Å². The third-order valence-electron chi connectivity index (χ3n) is 3.34. The van der Waals surface area contributed by atoms with Crippen molar-refractivity contribution in [3.05, 3.63) is 36.0 Å². The van der Waals surface area contributed by atoms with Gasteiger partial charge in [-0.1, -0.05) is 41.1 Å². The first-order chi connectivity index (χ1) is 9.70. The van der Waals surface area contributed by atoms with Crippen LogP contribution in [0.5, 0.6) is 0 Å². The molecule has 1 atom stereocenters. The Morgan fingerprint density at radius 3 is 2.29 bits per heavy atom. The maximum atomic E-state index is 11.8. The second-order valence-corrected chi connectivity index (χ2v) is 7.67. The Balaban J connectivity index is 4.35. The second kappa shape index (κ2) is 9.88. The zero-order valence-corrected chi connectivity index (χ0v) is 15.3. The summed E-state index contributed by atoms with van der Waals surface area (Å²) in [5, 5.41) is 0.0849. The monoisotopic (exact) mass is 309 g/mol. The maximum absolute atomic E-state index is 11.8. The maximum Gasteiger partial charge on any atom is 0.281 e. The summed E-state index contributed by atoms with van der Waals surface area (Å²) >= 11 is 1.36. The summed E-state index contributed by atoms with van der Waals surface area (Å²) in [6, 6.07) is 0. The van der Waals surface area contributed by atoms with Crippen molar-refractivity contribution >= 4 is 17.0 Å². The Hall–Kier alpha value is -0.960. The topological polar surface area (TPSA) is 20.3 Å². The summed E-state index contributed by atoms with van der Waals surface area (Å²) in [5.41, 5.74) is 2.79. The van der Waals surface area contributed by atoms with E-state index < -0.39 is 0 Å². The lowest BCUT2D eigenvalue weighted by Crippen LogP contribution is -2.25. The van der Waals surface area contributed by atoms with Gasteiger partial charge in [0.25, 0.3) is 5.24 Å². The molecule has 3 heteroatoms. The van der Waals surface area contributed by atoms with E-state index in [1.807, 2.05) is 6.08 Å².